The Morgan fingerprint density at radius 1 is 0.302 bits per heavy atom. The predicted octanol–water partition coefficient (Wildman–Crippen LogP) is 15.4. The molecule has 302 valence electrons. The second kappa shape index (κ2) is 14.7. The van der Waals surface area contributed by atoms with E-state index >= 15 is 0 Å². The third kappa shape index (κ3) is 6.21. The molecular weight excluding hydrogens is 763 g/mol. The van der Waals surface area contributed by atoms with Crippen molar-refractivity contribution in [3.8, 4) is 89.8 Å². The summed E-state index contributed by atoms with van der Waals surface area (Å²) in [7, 11) is 0. The van der Waals surface area contributed by atoms with Gasteiger partial charge in [0.2, 0.25) is 0 Å². The van der Waals surface area contributed by atoms with Gasteiger partial charge < -0.3 is 0 Å². The number of hydrogen-bond donors (Lipinski definition) is 0. The van der Waals surface area contributed by atoms with Gasteiger partial charge in [-0.1, -0.05) is 197 Å². The molecule has 3 nitrogen and oxygen atoms in total. The third-order valence-corrected chi connectivity index (χ3v) is 14.4. The molecule has 12 rings (SSSR count). The highest BCUT2D eigenvalue weighted by atomic mass is 15.0. The summed E-state index contributed by atoms with van der Waals surface area (Å²) >= 11 is 0. The Morgan fingerprint density at radius 2 is 0.730 bits per heavy atom. The van der Waals surface area contributed by atoms with Crippen LogP contribution in [0.15, 0.2) is 188 Å². The van der Waals surface area contributed by atoms with E-state index in [1.54, 1.807) is 5.56 Å². The molecule has 0 N–H and O–H groups in total. The molecule has 63 heavy (non-hydrogen) atoms. The minimum absolute atomic E-state index is 0.0317. The average Bonchev–Trinajstić information content (AvgIpc) is 3.74. The van der Waals surface area contributed by atoms with Gasteiger partial charge in [-0.15, -0.1) is 0 Å². The molecule has 3 heteroatoms. The van der Waals surface area contributed by atoms with Crippen molar-refractivity contribution >= 4 is 0 Å². The highest BCUT2D eigenvalue weighted by Gasteiger charge is 2.46. The van der Waals surface area contributed by atoms with Crippen LogP contribution in [0.5, 0.6) is 0 Å². The van der Waals surface area contributed by atoms with Crippen molar-refractivity contribution in [1.82, 2.24) is 15.0 Å². The van der Waals surface area contributed by atoms with E-state index in [4.69, 9.17) is 15.0 Å². The van der Waals surface area contributed by atoms with Crippen LogP contribution >= 0.6 is 0 Å². The number of benzene rings is 8. The maximum Gasteiger partial charge on any atom is 0.164 e. The Balaban J connectivity index is 0.886. The summed E-state index contributed by atoms with van der Waals surface area (Å²) in [6, 6.07) is 68.4. The lowest BCUT2D eigenvalue weighted by Gasteiger charge is -2.36. The molecule has 0 bridgehead atoms. The number of aromatic nitrogens is 3. The van der Waals surface area contributed by atoms with Crippen molar-refractivity contribution in [3.63, 3.8) is 0 Å². The van der Waals surface area contributed by atoms with Crippen LogP contribution in [0.1, 0.15) is 68.2 Å². The van der Waals surface area contributed by atoms with E-state index in [-0.39, 0.29) is 10.8 Å². The summed E-state index contributed by atoms with van der Waals surface area (Å²) in [5.74, 6) is 1.96. The highest BCUT2D eigenvalue weighted by molar-refractivity contribution is 5.91. The fourth-order valence-corrected chi connectivity index (χ4v) is 11.1. The molecule has 1 fully saturated rings. The van der Waals surface area contributed by atoms with Crippen molar-refractivity contribution in [2.45, 2.75) is 56.8 Å². The van der Waals surface area contributed by atoms with Gasteiger partial charge in [0, 0.05) is 27.5 Å². The summed E-state index contributed by atoms with van der Waals surface area (Å²) in [5, 5.41) is 0. The third-order valence-electron chi connectivity index (χ3n) is 14.4. The summed E-state index contributed by atoms with van der Waals surface area (Å²) in [4.78, 5) is 15.0. The minimum atomic E-state index is -0.0317. The molecule has 0 saturated heterocycles. The van der Waals surface area contributed by atoms with Crippen LogP contribution in [-0.2, 0) is 10.8 Å². The van der Waals surface area contributed by atoms with E-state index in [0.717, 1.165) is 27.8 Å². The molecular formula is C60H47N3. The highest BCUT2D eigenvalue weighted by Crippen LogP contribution is 2.60. The molecule has 3 aliphatic carbocycles. The van der Waals surface area contributed by atoms with Crippen LogP contribution < -0.4 is 0 Å². The molecule has 1 saturated carbocycles. The normalized spacial score (nSPS) is 15.1. The van der Waals surface area contributed by atoms with Crippen LogP contribution in [0, 0.1) is 0 Å². The van der Waals surface area contributed by atoms with Crippen LogP contribution in [0.25, 0.3) is 89.8 Å². The summed E-state index contributed by atoms with van der Waals surface area (Å²) in [6.07, 6.45) is 6.35. The Kier molecular flexibility index (Phi) is 8.76. The van der Waals surface area contributed by atoms with Crippen molar-refractivity contribution in [1.29, 1.82) is 0 Å². The number of nitrogens with zero attached hydrogens (tertiary/aromatic N) is 3. The Morgan fingerprint density at radius 3 is 1.38 bits per heavy atom. The SMILES string of the molecule is CC1(C)c2ccccc2-c2cc3c(cc21)-c1cc(-c2cccc(-c4ccc(-c5nc(-c6ccccc6)nc(-c6ccc(-c7ccccc7)cc6)n5)cc4)c2)ccc1C31CCCCC1. The lowest BCUT2D eigenvalue weighted by molar-refractivity contribution is 0.353. The topological polar surface area (TPSA) is 38.7 Å². The second-order valence-corrected chi connectivity index (χ2v) is 18.3. The van der Waals surface area contributed by atoms with Crippen molar-refractivity contribution < 1.29 is 0 Å². The molecule has 1 heterocycles. The Bertz CT molecular complexity index is 3190. The molecule has 0 radical (unpaired) electrons. The van der Waals surface area contributed by atoms with E-state index in [2.05, 4.69) is 178 Å². The minimum Gasteiger partial charge on any atom is -0.208 e. The van der Waals surface area contributed by atoms with Gasteiger partial charge in [-0.05, 0) is 115 Å². The number of hydrogen-bond acceptors (Lipinski definition) is 3. The van der Waals surface area contributed by atoms with Gasteiger partial charge in [-0.25, -0.2) is 15.0 Å². The molecule has 0 amide bonds. The van der Waals surface area contributed by atoms with Gasteiger partial charge in [-0.2, -0.15) is 0 Å². The smallest absolute Gasteiger partial charge is 0.164 e. The van der Waals surface area contributed by atoms with E-state index < -0.39 is 0 Å². The molecule has 0 aliphatic heterocycles. The summed E-state index contributed by atoms with van der Waals surface area (Å²) in [6.45, 7) is 4.81. The quantitative estimate of drug-likeness (QED) is 0.168. The number of rotatable bonds is 6. The van der Waals surface area contributed by atoms with Gasteiger partial charge in [0.1, 0.15) is 0 Å². The van der Waals surface area contributed by atoms with Gasteiger partial charge in [0.25, 0.3) is 0 Å². The van der Waals surface area contributed by atoms with Crippen LogP contribution in [0.4, 0.5) is 0 Å². The van der Waals surface area contributed by atoms with E-state index in [1.165, 1.54) is 93.3 Å². The van der Waals surface area contributed by atoms with E-state index in [9.17, 15) is 0 Å². The first-order valence-corrected chi connectivity index (χ1v) is 22.6. The lowest BCUT2D eigenvalue weighted by atomic mass is 9.67. The fraction of sp³-hybridized carbons (Fsp3) is 0.150. The van der Waals surface area contributed by atoms with Crippen molar-refractivity contribution in [3.05, 3.63) is 210 Å². The molecule has 0 atom stereocenters. The molecule has 8 aromatic carbocycles. The predicted molar refractivity (Wildman–Crippen MR) is 259 cm³/mol. The molecule has 0 unspecified atom stereocenters. The van der Waals surface area contributed by atoms with Crippen molar-refractivity contribution in [2.24, 2.45) is 0 Å². The zero-order valence-electron chi connectivity index (χ0n) is 35.8. The average molecular weight is 810 g/mol. The Hall–Kier alpha value is -7.23. The van der Waals surface area contributed by atoms with Crippen LogP contribution in [0.2, 0.25) is 0 Å². The standard InChI is InChI=1S/C60H47N3/c1-59(2)52-22-11-10-21-48(52)50-38-55-51(37-54(50)59)49-36-47(31-32-53(49)60(55)33-12-5-13-34-60)46-20-14-19-45(35-46)41-25-29-44(30-26-41)58-62-56(42-17-8-4-9-18-42)61-57(63-58)43-27-23-40(24-28-43)39-15-6-3-7-16-39/h3-4,6-11,14-32,35-38H,5,12-13,33-34H2,1-2H3. The zero-order valence-corrected chi connectivity index (χ0v) is 35.8. The number of fused-ring (bicyclic) bond motifs is 8. The van der Waals surface area contributed by atoms with Crippen LogP contribution in [-0.4, -0.2) is 15.0 Å². The van der Waals surface area contributed by atoms with Gasteiger partial charge in [-0.3, -0.25) is 0 Å². The Labute approximate surface area is 370 Å². The van der Waals surface area contributed by atoms with Gasteiger partial charge in [0.05, 0.1) is 0 Å². The molecule has 9 aromatic rings. The second-order valence-electron chi connectivity index (χ2n) is 18.3. The maximum absolute atomic E-state index is 5.05. The monoisotopic (exact) mass is 809 g/mol. The largest absolute Gasteiger partial charge is 0.208 e. The first-order valence-electron chi connectivity index (χ1n) is 22.6. The van der Waals surface area contributed by atoms with Crippen LogP contribution in [0.3, 0.4) is 0 Å². The van der Waals surface area contributed by atoms with Gasteiger partial charge in [0.15, 0.2) is 17.5 Å². The molecule has 3 aliphatic rings. The van der Waals surface area contributed by atoms with Crippen molar-refractivity contribution in [2.75, 3.05) is 0 Å². The van der Waals surface area contributed by atoms with Gasteiger partial charge >= 0.3 is 0 Å². The first-order chi connectivity index (χ1) is 30.9. The molecule has 1 aromatic heterocycles. The fourth-order valence-electron chi connectivity index (χ4n) is 11.1. The zero-order chi connectivity index (χ0) is 42.1. The van der Waals surface area contributed by atoms with E-state index in [0.29, 0.717) is 17.5 Å². The lowest BCUT2D eigenvalue weighted by Crippen LogP contribution is -2.28. The first kappa shape index (κ1) is 37.5. The van der Waals surface area contributed by atoms with E-state index in [1.807, 2.05) is 24.3 Å². The molecule has 1 spiro atoms. The maximum atomic E-state index is 5.05. The summed E-state index contributed by atoms with van der Waals surface area (Å²) in [5.41, 5.74) is 21.8. The summed E-state index contributed by atoms with van der Waals surface area (Å²) < 4.78 is 0.